The Kier molecular flexibility index (Phi) is 8.13. The number of methoxy groups -OCH3 is 1. The minimum Gasteiger partial charge on any atom is -0.367 e. The van der Waals surface area contributed by atoms with Gasteiger partial charge in [0.1, 0.15) is 5.25 Å². The average molecular weight is 512 g/mol. The predicted octanol–water partition coefficient (Wildman–Crippen LogP) is 3.81. The number of fused-ring (bicyclic) bond motifs is 1. The van der Waals surface area contributed by atoms with Crippen LogP contribution in [0.2, 0.25) is 0 Å². The first-order valence-corrected chi connectivity index (χ1v) is 11.2. The standard InChI is InChI=1S/C21H25IN2O3S/c1-13-8-6-9-14-12-15(22)18(23-17(13)14)19(28-5)20(26)24-21(2,3)11-7-10-16(25)27-4/h6,8-9,12,16,19,25H,10H2,1-5H3,(H,24,26). The molecule has 1 heterocycles. The molecule has 0 radical (unpaired) electrons. The molecule has 1 aromatic heterocycles. The minimum atomic E-state index is -0.926. The third-order valence-corrected chi connectivity index (χ3v) is 5.91. The molecule has 0 saturated heterocycles. The topological polar surface area (TPSA) is 71.5 Å². The number of aromatic nitrogens is 1. The lowest BCUT2D eigenvalue weighted by molar-refractivity contribution is -0.121. The van der Waals surface area contributed by atoms with E-state index in [-0.39, 0.29) is 12.3 Å². The van der Waals surface area contributed by atoms with Gasteiger partial charge in [-0.15, -0.1) is 11.8 Å². The van der Waals surface area contributed by atoms with E-state index < -0.39 is 17.1 Å². The lowest BCUT2D eigenvalue weighted by atomic mass is 10.1. The molecule has 0 aliphatic heterocycles. The fraction of sp³-hybridized carbons (Fsp3) is 0.429. The number of amides is 1. The van der Waals surface area contributed by atoms with Crippen LogP contribution in [0.4, 0.5) is 0 Å². The van der Waals surface area contributed by atoms with Crippen LogP contribution < -0.4 is 5.32 Å². The number of para-hydroxylation sites is 1. The van der Waals surface area contributed by atoms with Crippen molar-refractivity contribution in [1.29, 1.82) is 0 Å². The highest BCUT2D eigenvalue weighted by atomic mass is 127. The highest BCUT2D eigenvalue weighted by Gasteiger charge is 2.28. The second-order valence-corrected chi connectivity index (χ2v) is 9.03. The van der Waals surface area contributed by atoms with E-state index >= 15 is 0 Å². The Hall–Kier alpha value is -1.34. The van der Waals surface area contributed by atoms with Gasteiger partial charge in [0.2, 0.25) is 5.91 Å². The summed E-state index contributed by atoms with van der Waals surface area (Å²) in [4.78, 5) is 17.8. The summed E-state index contributed by atoms with van der Waals surface area (Å²) in [5.74, 6) is 5.70. The number of halogens is 1. The summed E-state index contributed by atoms with van der Waals surface area (Å²) in [5, 5.41) is 13.0. The molecular weight excluding hydrogens is 487 g/mol. The molecule has 1 aromatic carbocycles. The first-order valence-electron chi connectivity index (χ1n) is 8.80. The third kappa shape index (κ3) is 5.83. The Morgan fingerprint density at radius 2 is 2.18 bits per heavy atom. The van der Waals surface area contributed by atoms with E-state index in [1.807, 2.05) is 45.2 Å². The van der Waals surface area contributed by atoms with Gasteiger partial charge >= 0.3 is 0 Å². The van der Waals surface area contributed by atoms with E-state index in [1.165, 1.54) is 18.9 Å². The molecule has 0 bridgehead atoms. The Morgan fingerprint density at radius 1 is 1.46 bits per heavy atom. The molecule has 7 heteroatoms. The number of carbonyl (C=O) groups is 1. The van der Waals surface area contributed by atoms with Crippen molar-refractivity contribution in [2.45, 2.75) is 44.3 Å². The van der Waals surface area contributed by atoms with Crippen molar-refractivity contribution >= 4 is 51.2 Å². The first-order chi connectivity index (χ1) is 13.2. The van der Waals surface area contributed by atoms with Crippen LogP contribution in [0.15, 0.2) is 24.3 Å². The number of aliphatic hydroxyl groups is 1. The number of nitrogens with one attached hydrogen (secondary N) is 1. The summed E-state index contributed by atoms with van der Waals surface area (Å²) in [6.07, 6.45) is 1.16. The molecule has 2 rings (SSSR count). The zero-order valence-electron chi connectivity index (χ0n) is 16.7. The molecule has 2 unspecified atom stereocenters. The molecule has 0 spiro atoms. The van der Waals surface area contributed by atoms with Gasteiger partial charge in [-0.3, -0.25) is 4.79 Å². The van der Waals surface area contributed by atoms with Gasteiger partial charge in [0.25, 0.3) is 0 Å². The molecular formula is C21H25IN2O3S. The van der Waals surface area contributed by atoms with E-state index in [9.17, 15) is 9.90 Å². The van der Waals surface area contributed by atoms with Gasteiger partial charge in [-0.2, -0.15) is 0 Å². The quantitative estimate of drug-likeness (QED) is 0.350. The Bertz CT molecular complexity index is 921. The molecule has 2 N–H and O–H groups in total. The van der Waals surface area contributed by atoms with E-state index in [4.69, 9.17) is 9.72 Å². The molecule has 0 aliphatic rings. The molecule has 0 saturated carbocycles. The number of hydrogen-bond acceptors (Lipinski definition) is 5. The fourth-order valence-corrected chi connectivity index (χ4v) is 4.36. The second-order valence-electron chi connectivity index (χ2n) is 6.93. The SMILES string of the molecule is COC(O)CC#CC(C)(C)NC(=O)C(SC)c1nc2c(C)cccc2cc1I. The van der Waals surface area contributed by atoms with Crippen LogP contribution >= 0.6 is 34.4 Å². The van der Waals surface area contributed by atoms with Crippen LogP contribution in [-0.4, -0.2) is 41.2 Å². The van der Waals surface area contributed by atoms with Gasteiger partial charge in [-0.05, 0) is 61.2 Å². The average Bonchev–Trinajstić information content (AvgIpc) is 2.62. The number of aryl methyl sites for hydroxylation is 1. The molecule has 5 nitrogen and oxygen atoms in total. The third-order valence-electron chi connectivity index (χ3n) is 4.14. The van der Waals surface area contributed by atoms with E-state index in [1.54, 1.807) is 0 Å². The van der Waals surface area contributed by atoms with Crippen molar-refractivity contribution in [1.82, 2.24) is 10.3 Å². The van der Waals surface area contributed by atoms with Crippen LogP contribution in [0.1, 0.15) is 36.8 Å². The maximum absolute atomic E-state index is 13.0. The number of ether oxygens (including phenoxy) is 1. The highest BCUT2D eigenvalue weighted by molar-refractivity contribution is 14.1. The van der Waals surface area contributed by atoms with E-state index in [0.717, 1.165) is 25.7 Å². The molecule has 150 valence electrons. The van der Waals surface area contributed by atoms with Crippen LogP contribution in [0, 0.1) is 22.3 Å². The van der Waals surface area contributed by atoms with E-state index in [2.05, 4.69) is 45.8 Å². The van der Waals surface area contributed by atoms with Gasteiger partial charge in [-0.1, -0.05) is 30.0 Å². The van der Waals surface area contributed by atoms with Crippen molar-refractivity contribution in [3.05, 3.63) is 39.1 Å². The van der Waals surface area contributed by atoms with Crippen LogP contribution in [-0.2, 0) is 9.53 Å². The van der Waals surface area contributed by atoms with Crippen LogP contribution in [0.3, 0.4) is 0 Å². The molecule has 0 fully saturated rings. The largest absolute Gasteiger partial charge is 0.367 e. The number of hydrogen-bond donors (Lipinski definition) is 2. The molecule has 2 atom stereocenters. The summed E-state index contributed by atoms with van der Waals surface area (Å²) < 4.78 is 5.73. The summed E-state index contributed by atoms with van der Waals surface area (Å²) in [7, 11) is 1.42. The number of benzene rings is 1. The minimum absolute atomic E-state index is 0.141. The maximum Gasteiger partial charge on any atom is 0.240 e. The Labute approximate surface area is 184 Å². The van der Waals surface area contributed by atoms with Crippen molar-refractivity contribution in [2.75, 3.05) is 13.4 Å². The summed E-state index contributed by atoms with van der Waals surface area (Å²) in [6, 6.07) is 8.13. The predicted molar refractivity (Wildman–Crippen MR) is 123 cm³/mol. The Balaban J connectivity index is 2.27. The smallest absolute Gasteiger partial charge is 0.240 e. The number of rotatable bonds is 6. The van der Waals surface area contributed by atoms with Crippen LogP contribution in [0.25, 0.3) is 10.9 Å². The Morgan fingerprint density at radius 3 is 2.82 bits per heavy atom. The number of nitrogens with zero attached hydrogens (tertiary/aromatic N) is 1. The summed E-state index contributed by atoms with van der Waals surface area (Å²) in [5.41, 5.74) is 2.01. The number of carbonyl (C=O) groups excluding carboxylic acids is 1. The normalized spacial score (nSPS) is 13.5. The molecule has 1 amide bonds. The van der Waals surface area contributed by atoms with Crippen molar-refractivity contribution in [2.24, 2.45) is 0 Å². The number of aliphatic hydroxyl groups excluding tert-OH is 1. The summed E-state index contributed by atoms with van der Waals surface area (Å²) in [6.45, 7) is 5.68. The molecule has 2 aromatic rings. The van der Waals surface area contributed by atoms with E-state index in [0.29, 0.717) is 0 Å². The van der Waals surface area contributed by atoms with Crippen molar-refractivity contribution < 1.29 is 14.6 Å². The zero-order chi connectivity index (χ0) is 20.9. The first kappa shape index (κ1) is 22.9. The number of pyridine rings is 1. The summed E-state index contributed by atoms with van der Waals surface area (Å²) >= 11 is 3.68. The van der Waals surface area contributed by atoms with Gasteiger partial charge < -0.3 is 15.2 Å². The van der Waals surface area contributed by atoms with Gasteiger partial charge in [0, 0.05) is 16.1 Å². The lowest BCUT2D eigenvalue weighted by Crippen LogP contribution is -2.44. The molecule has 0 aliphatic carbocycles. The van der Waals surface area contributed by atoms with Crippen molar-refractivity contribution in [3.63, 3.8) is 0 Å². The number of thioether (sulfide) groups is 1. The maximum atomic E-state index is 13.0. The van der Waals surface area contributed by atoms with Crippen molar-refractivity contribution in [3.8, 4) is 11.8 Å². The van der Waals surface area contributed by atoms with Crippen LogP contribution in [0.5, 0.6) is 0 Å². The molecule has 28 heavy (non-hydrogen) atoms. The second kappa shape index (κ2) is 9.92. The lowest BCUT2D eigenvalue weighted by Gasteiger charge is -2.24. The highest BCUT2D eigenvalue weighted by Crippen LogP contribution is 2.32. The monoisotopic (exact) mass is 512 g/mol. The fourth-order valence-electron chi connectivity index (χ4n) is 2.71. The zero-order valence-corrected chi connectivity index (χ0v) is 19.6. The van der Waals surface area contributed by atoms with Gasteiger partial charge in [0.15, 0.2) is 6.29 Å². The van der Waals surface area contributed by atoms with Gasteiger partial charge in [-0.25, -0.2) is 4.98 Å². The van der Waals surface area contributed by atoms with Gasteiger partial charge in [0.05, 0.1) is 23.2 Å².